The highest BCUT2D eigenvalue weighted by molar-refractivity contribution is 7.84. The van der Waals surface area contributed by atoms with E-state index >= 15 is 0 Å². The summed E-state index contributed by atoms with van der Waals surface area (Å²) in [6, 6.07) is 9.05. The Bertz CT molecular complexity index is 841. The molecular formula is C17H15F2NO4S. The average Bonchev–Trinajstić information content (AvgIpc) is 2.58. The van der Waals surface area contributed by atoms with Crippen LogP contribution >= 0.6 is 0 Å². The summed E-state index contributed by atoms with van der Waals surface area (Å²) in [5.74, 6) is -3.67. The molecule has 25 heavy (non-hydrogen) atoms. The number of hydrogen-bond acceptors (Lipinski definition) is 4. The van der Waals surface area contributed by atoms with E-state index in [4.69, 9.17) is 4.74 Å². The van der Waals surface area contributed by atoms with Crippen LogP contribution in [0.25, 0.3) is 0 Å². The van der Waals surface area contributed by atoms with E-state index in [-0.39, 0.29) is 11.3 Å². The third kappa shape index (κ3) is 4.69. The third-order valence-corrected chi connectivity index (χ3v) is 4.23. The Labute approximate surface area is 145 Å². The molecule has 0 radical (unpaired) electrons. The predicted octanol–water partition coefficient (Wildman–Crippen LogP) is 2.89. The van der Waals surface area contributed by atoms with E-state index in [9.17, 15) is 22.6 Å². The van der Waals surface area contributed by atoms with Crippen LogP contribution in [0, 0.1) is 11.6 Å². The van der Waals surface area contributed by atoms with E-state index in [1.54, 1.807) is 12.1 Å². The van der Waals surface area contributed by atoms with Gasteiger partial charge in [-0.05, 0) is 31.2 Å². The number of rotatable bonds is 5. The summed E-state index contributed by atoms with van der Waals surface area (Å²) < 4.78 is 42.7. The molecule has 0 spiro atoms. The zero-order valence-corrected chi connectivity index (χ0v) is 14.2. The molecule has 2 atom stereocenters. The normalized spacial score (nSPS) is 13.0. The summed E-state index contributed by atoms with van der Waals surface area (Å²) in [6.07, 6.45) is 0.227. The van der Waals surface area contributed by atoms with Crippen molar-refractivity contribution in [2.45, 2.75) is 17.9 Å². The van der Waals surface area contributed by atoms with Crippen LogP contribution in [0.5, 0.6) is 0 Å². The van der Waals surface area contributed by atoms with Crippen LogP contribution in [0.4, 0.5) is 14.5 Å². The highest BCUT2D eigenvalue weighted by atomic mass is 32.2. The lowest BCUT2D eigenvalue weighted by atomic mass is 10.2. The van der Waals surface area contributed by atoms with Crippen molar-refractivity contribution < 1.29 is 27.3 Å². The molecule has 8 heteroatoms. The van der Waals surface area contributed by atoms with Gasteiger partial charge in [-0.3, -0.25) is 9.00 Å². The molecule has 1 amide bonds. The fraction of sp³-hybridized carbons (Fsp3) is 0.176. The first-order valence-corrected chi connectivity index (χ1v) is 8.74. The average molecular weight is 367 g/mol. The molecule has 0 aromatic heterocycles. The zero-order valence-electron chi connectivity index (χ0n) is 13.4. The standard InChI is InChI=1S/C17H15F2NO4S/c1-10(16(21)20-11-7-8-13(18)14(19)9-11)24-17(22)12-5-3-4-6-15(12)25(2)23/h3-10H,1-2H3,(H,20,21)/t10-,25+/m0/s1. The number of carbonyl (C=O) groups is 2. The molecule has 0 saturated carbocycles. The van der Waals surface area contributed by atoms with E-state index in [1.165, 1.54) is 31.4 Å². The Balaban J connectivity index is 2.07. The number of benzene rings is 2. The van der Waals surface area contributed by atoms with Crippen molar-refractivity contribution >= 4 is 28.4 Å². The van der Waals surface area contributed by atoms with E-state index in [0.29, 0.717) is 4.90 Å². The van der Waals surface area contributed by atoms with Gasteiger partial charge in [0.15, 0.2) is 17.7 Å². The van der Waals surface area contributed by atoms with Crippen molar-refractivity contribution in [1.82, 2.24) is 0 Å². The largest absolute Gasteiger partial charge is 0.449 e. The van der Waals surface area contributed by atoms with Gasteiger partial charge in [-0.2, -0.15) is 0 Å². The molecule has 0 saturated heterocycles. The van der Waals surface area contributed by atoms with E-state index in [1.807, 2.05) is 0 Å². The number of hydrogen-bond donors (Lipinski definition) is 1. The lowest BCUT2D eigenvalue weighted by molar-refractivity contribution is -0.123. The van der Waals surface area contributed by atoms with Gasteiger partial charge in [0.05, 0.1) is 21.3 Å². The molecule has 2 rings (SSSR count). The van der Waals surface area contributed by atoms with Crippen LogP contribution in [-0.2, 0) is 20.3 Å². The van der Waals surface area contributed by atoms with Crippen LogP contribution in [0.3, 0.4) is 0 Å². The van der Waals surface area contributed by atoms with Gasteiger partial charge in [0.2, 0.25) is 0 Å². The Kier molecular flexibility index (Phi) is 5.97. The number of amides is 1. The van der Waals surface area contributed by atoms with Crippen LogP contribution in [0.15, 0.2) is 47.4 Å². The second kappa shape index (κ2) is 7.98. The number of anilines is 1. The molecule has 0 fully saturated rings. The monoisotopic (exact) mass is 367 g/mol. The van der Waals surface area contributed by atoms with E-state index in [2.05, 4.69) is 5.32 Å². The Morgan fingerprint density at radius 3 is 2.44 bits per heavy atom. The number of esters is 1. The van der Waals surface area contributed by atoms with Crippen molar-refractivity contribution in [3.63, 3.8) is 0 Å². The van der Waals surface area contributed by atoms with E-state index in [0.717, 1.165) is 12.1 Å². The van der Waals surface area contributed by atoms with Crippen molar-refractivity contribution in [2.75, 3.05) is 11.6 Å². The molecule has 2 aromatic carbocycles. The second-order valence-corrected chi connectivity index (χ2v) is 6.46. The summed E-state index contributed by atoms with van der Waals surface area (Å²) in [7, 11) is -1.40. The van der Waals surface area contributed by atoms with Gasteiger partial charge in [0.1, 0.15) is 0 Å². The Hall–Kier alpha value is -2.61. The van der Waals surface area contributed by atoms with Gasteiger partial charge in [0, 0.05) is 18.0 Å². The fourth-order valence-electron chi connectivity index (χ4n) is 1.98. The maximum absolute atomic E-state index is 13.1. The van der Waals surface area contributed by atoms with Crippen molar-refractivity contribution in [3.05, 3.63) is 59.7 Å². The topological polar surface area (TPSA) is 72.5 Å². The molecule has 132 valence electrons. The maximum Gasteiger partial charge on any atom is 0.340 e. The van der Waals surface area contributed by atoms with Gasteiger partial charge in [-0.25, -0.2) is 13.6 Å². The van der Waals surface area contributed by atoms with Crippen LogP contribution in [0.1, 0.15) is 17.3 Å². The van der Waals surface area contributed by atoms with Crippen LogP contribution in [0.2, 0.25) is 0 Å². The highest BCUT2D eigenvalue weighted by Crippen LogP contribution is 2.16. The predicted molar refractivity (Wildman–Crippen MR) is 88.6 cm³/mol. The van der Waals surface area contributed by atoms with Gasteiger partial charge < -0.3 is 10.1 Å². The lowest BCUT2D eigenvalue weighted by Gasteiger charge is -2.14. The minimum Gasteiger partial charge on any atom is -0.449 e. The summed E-state index contributed by atoms with van der Waals surface area (Å²) in [6.45, 7) is 1.33. The molecule has 0 aliphatic heterocycles. The van der Waals surface area contributed by atoms with Gasteiger partial charge >= 0.3 is 5.97 Å². The molecule has 0 aliphatic rings. The molecular weight excluding hydrogens is 352 g/mol. The first kappa shape index (κ1) is 18.7. The highest BCUT2D eigenvalue weighted by Gasteiger charge is 2.22. The van der Waals surface area contributed by atoms with E-state index < -0.39 is 40.4 Å². The van der Waals surface area contributed by atoms with Gasteiger partial charge in [-0.1, -0.05) is 12.1 Å². The van der Waals surface area contributed by atoms with Crippen molar-refractivity contribution in [3.8, 4) is 0 Å². The SMILES string of the molecule is C[C@H](OC(=O)c1ccccc1[S@@](C)=O)C(=O)Nc1ccc(F)c(F)c1. The van der Waals surface area contributed by atoms with Crippen molar-refractivity contribution in [1.29, 1.82) is 0 Å². The Morgan fingerprint density at radius 2 is 1.80 bits per heavy atom. The molecule has 0 unspecified atom stereocenters. The molecule has 1 N–H and O–H groups in total. The molecule has 5 nitrogen and oxygen atoms in total. The van der Waals surface area contributed by atoms with Crippen LogP contribution in [-0.4, -0.2) is 28.4 Å². The smallest absolute Gasteiger partial charge is 0.340 e. The number of carbonyl (C=O) groups excluding carboxylic acids is 2. The van der Waals surface area contributed by atoms with Gasteiger partial charge in [0.25, 0.3) is 5.91 Å². The summed E-state index contributed by atoms with van der Waals surface area (Å²) in [5, 5.41) is 2.32. The molecule has 0 heterocycles. The van der Waals surface area contributed by atoms with Gasteiger partial charge in [-0.15, -0.1) is 0 Å². The zero-order chi connectivity index (χ0) is 18.6. The minimum atomic E-state index is -1.40. The minimum absolute atomic E-state index is 0.0295. The molecule has 0 bridgehead atoms. The first-order chi connectivity index (χ1) is 11.8. The third-order valence-electron chi connectivity index (χ3n) is 3.26. The number of halogens is 2. The maximum atomic E-state index is 13.1. The number of nitrogens with one attached hydrogen (secondary N) is 1. The fourth-order valence-corrected chi connectivity index (χ4v) is 2.71. The Morgan fingerprint density at radius 1 is 1.12 bits per heavy atom. The molecule has 2 aromatic rings. The first-order valence-electron chi connectivity index (χ1n) is 7.19. The quantitative estimate of drug-likeness (QED) is 0.825. The van der Waals surface area contributed by atoms with Crippen LogP contribution < -0.4 is 5.32 Å². The number of ether oxygens (including phenoxy) is 1. The summed E-state index contributed by atoms with van der Waals surface area (Å²) >= 11 is 0. The summed E-state index contributed by atoms with van der Waals surface area (Å²) in [5.41, 5.74) is 0.123. The second-order valence-electron chi connectivity index (χ2n) is 5.12. The lowest BCUT2D eigenvalue weighted by Crippen LogP contribution is -2.30. The summed E-state index contributed by atoms with van der Waals surface area (Å²) in [4.78, 5) is 24.5. The molecule has 0 aliphatic carbocycles. The van der Waals surface area contributed by atoms with Crippen molar-refractivity contribution in [2.24, 2.45) is 0 Å².